The molecule has 0 radical (unpaired) electrons. The first-order valence-corrected chi connectivity index (χ1v) is 10.7. The van der Waals surface area contributed by atoms with E-state index < -0.39 is 0 Å². The molecular formula is C23H21BrFN5O2. The van der Waals surface area contributed by atoms with Gasteiger partial charge in [-0.25, -0.2) is 9.07 Å². The lowest BCUT2D eigenvalue weighted by Crippen LogP contribution is -2.15. The average molecular weight is 498 g/mol. The molecule has 0 fully saturated rings. The number of nitrogens with zero attached hydrogens (tertiary/aromatic N) is 4. The Labute approximate surface area is 192 Å². The van der Waals surface area contributed by atoms with Crippen molar-refractivity contribution < 1.29 is 13.9 Å². The summed E-state index contributed by atoms with van der Waals surface area (Å²) in [6, 6.07) is 15.6. The minimum atomic E-state index is -0.357. The quantitative estimate of drug-likeness (QED) is 0.392. The van der Waals surface area contributed by atoms with E-state index in [2.05, 4.69) is 31.4 Å². The standard InChI is InChI=1S/C23H21BrFN5O2/c1-15-22(16(2)30(27-15)13-17-5-3-4-6-20(17)25)26-23(31)21-11-12-29(28-21)14-32-19-9-7-18(24)8-10-19/h3-12H,13-14H2,1-2H3,(H,26,31). The van der Waals surface area contributed by atoms with Crippen LogP contribution < -0.4 is 10.1 Å². The molecule has 0 unspecified atom stereocenters. The van der Waals surface area contributed by atoms with Crippen LogP contribution in [-0.4, -0.2) is 25.5 Å². The Bertz CT molecular complexity index is 1250. The van der Waals surface area contributed by atoms with Crippen LogP contribution in [0.1, 0.15) is 27.4 Å². The van der Waals surface area contributed by atoms with Crippen molar-refractivity contribution in [3.8, 4) is 5.75 Å². The third-order valence-corrected chi connectivity index (χ3v) is 5.48. The van der Waals surface area contributed by atoms with Crippen LogP contribution in [0.5, 0.6) is 5.75 Å². The molecule has 164 valence electrons. The Morgan fingerprint density at radius 3 is 2.59 bits per heavy atom. The van der Waals surface area contributed by atoms with Gasteiger partial charge >= 0.3 is 0 Å². The predicted molar refractivity (Wildman–Crippen MR) is 122 cm³/mol. The molecule has 2 aromatic carbocycles. The van der Waals surface area contributed by atoms with Crippen molar-refractivity contribution in [3.63, 3.8) is 0 Å². The number of anilines is 1. The summed E-state index contributed by atoms with van der Waals surface area (Å²) in [5.74, 6) is 0.0498. The number of hydrogen-bond donors (Lipinski definition) is 1. The van der Waals surface area contributed by atoms with Crippen molar-refractivity contribution in [2.45, 2.75) is 27.1 Å². The van der Waals surface area contributed by atoms with E-state index in [1.54, 1.807) is 42.1 Å². The van der Waals surface area contributed by atoms with Crippen molar-refractivity contribution in [1.29, 1.82) is 0 Å². The van der Waals surface area contributed by atoms with Crippen LogP contribution in [0.15, 0.2) is 65.3 Å². The fourth-order valence-corrected chi connectivity index (χ4v) is 3.49. The van der Waals surface area contributed by atoms with Crippen molar-refractivity contribution in [2.24, 2.45) is 0 Å². The zero-order valence-corrected chi connectivity index (χ0v) is 19.1. The van der Waals surface area contributed by atoms with Crippen LogP contribution >= 0.6 is 15.9 Å². The first kappa shape index (κ1) is 21.8. The first-order valence-electron chi connectivity index (χ1n) is 9.91. The number of aryl methyl sites for hydroxylation is 1. The van der Waals surface area contributed by atoms with Gasteiger partial charge in [-0.15, -0.1) is 0 Å². The third-order valence-electron chi connectivity index (χ3n) is 4.95. The molecular weight excluding hydrogens is 477 g/mol. The molecule has 0 atom stereocenters. The van der Waals surface area contributed by atoms with Gasteiger partial charge in [-0.3, -0.25) is 9.48 Å². The fraction of sp³-hybridized carbons (Fsp3) is 0.174. The molecule has 0 aliphatic heterocycles. The fourth-order valence-electron chi connectivity index (χ4n) is 3.22. The molecule has 0 saturated carbocycles. The van der Waals surface area contributed by atoms with Crippen molar-refractivity contribution in [1.82, 2.24) is 19.6 Å². The van der Waals surface area contributed by atoms with E-state index in [4.69, 9.17) is 4.74 Å². The van der Waals surface area contributed by atoms with Gasteiger partial charge in [0.1, 0.15) is 11.6 Å². The number of amides is 1. The minimum absolute atomic E-state index is 0.174. The highest BCUT2D eigenvalue weighted by Crippen LogP contribution is 2.22. The maximum atomic E-state index is 14.0. The summed E-state index contributed by atoms with van der Waals surface area (Å²) in [6.45, 7) is 4.08. The van der Waals surface area contributed by atoms with Crippen LogP contribution in [0.3, 0.4) is 0 Å². The Hall–Kier alpha value is -3.46. The van der Waals surface area contributed by atoms with E-state index in [0.717, 1.165) is 10.2 Å². The molecule has 32 heavy (non-hydrogen) atoms. The molecule has 4 aromatic rings. The largest absolute Gasteiger partial charge is 0.471 e. The van der Waals surface area contributed by atoms with E-state index in [9.17, 15) is 9.18 Å². The number of nitrogens with one attached hydrogen (secondary N) is 1. The summed E-state index contributed by atoms with van der Waals surface area (Å²) in [5, 5.41) is 11.6. The second kappa shape index (κ2) is 9.35. The molecule has 4 rings (SSSR count). The smallest absolute Gasteiger partial charge is 0.276 e. The lowest BCUT2D eigenvalue weighted by atomic mass is 10.2. The molecule has 2 heterocycles. The maximum absolute atomic E-state index is 14.0. The van der Waals surface area contributed by atoms with Gasteiger partial charge in [0, 0.05) is 16.2 Å². The molecule has 1 N–H and O–H groups in total. The number of halogens is 2. The van der Waals surface area contributed by atoms with E-state index in [-0.39, 0.29) is 30.7 Å². The number of aromatic nitrogens is 4. The monoisotopic (exact) mass is 497 g/mol. The van der Waals surface area contributed by atoms with Crippen LogP contribution in [0, 0.1) is 19.7 Å². The van der Waals surface area contributed by atoms with Gasteiger partial charge in [-0.05, 0) is 50.2 Å². The summed E-state index contributed by atoms with van der Waals surface area (Å²) in [6.07, 6.45) is 1.68. The molecule has 0 aliphatic carbocycles. The summed E-state index contributed by atoms with van der Waals surface area (Å²) in [7, 11) is 0. The second-order valence-corrected chi connectivity index (χ2v) is 8.13. The third kappa shape index (κ3) is 4.88. The molecule has 9 heteroatoms. The average Bonchev–Trinajstić information content (AvgIpc) is 3.35. The highest BCUT2D eigenvalue weighted by Gasteiger charge is 2.17. The normalized spacial score (nSPS) is 10.9. The van der Waals surface area contributed by atoms with Crippen molar-refractivity contribution in [2.75, 3.05) is 5.32 Å². The van der Waals surface area contributed by atoms with E-state index >= 15 is 0 Å². The molecule has 1 amide bonds. The lowest BCUT2D eigenvalue weighted by Gasteiger charge is -2.07. The Morgan fingerprint density at radius 1 is 1.09 bits per heavy atom. The van der Waals surface area contributed by atoms with E-state index in [1.807, 2.05) is 31.2 Å². The molecule has 2 aromatic heterocycles. The summed E-state index contributed by atoms with van der Waals surface area (Å²) in [4.78, 5) is 12.7. The number of ether oxygens (including phenoxy) is 1. The molecule has 0 saturated heterocycles. The van der Waals surface area contributed by atoms with Crippen LogP contribution in [0.4, 0.5) is 10.1 Å². The molecule has 0 aliphatic rings. The van der Waals surface area contributed by atoms with Crippen LogP contribution in [-0.2, 0) is 13.3 Å². The molecule has 0 bridgehead atoms. The maximum Gasteiger partial charge on any atom is 0.276 e. The van der Waals surface area contributed by atoms with E-state index in [1.165, 1.54) is 10.7 Å². The Balaban J connectivity index is 1.42. The van der Waals surface area contributed by atoms with Gasteiger partial charge in [-0.1, -0.05) is 34.1 Å². The summed E-state index contributed by atoms with van der Waals surface area (Å²) >= 11 is 3.38. The van der Waals surface area contributed by atoms with Gasteiger partial charge < -0.3 is 10.1 Å². The number of benzene rings is 2. The molecule has 0 spiro atoms. The Kier molecular flexibility index (Phi) is 6.36. The van der Waals surface area contributed by atoms with Crippen molar-refractivity contribution >= 4 is 27.5 Å². The SMILES string of the molecule is Cc1nn(Cc2ccccc2F)c(C)c1NC(=O)c1ccn(COc2ccc(Br)cc2)n1. The van der Waals surface area contributed by atoms with E-state index in [0.29, 0.717) is 22.7 Å². The first-order chi connectivity index (χ1) is 15.4. The number of hydrogen-bond acceptors (Lipinski definition) is 4. The predicted octanol–water partition coefficient (Wildman–Crippen LogP) is 4.94. The van der Waals surface area contributed by atoms with Gasteiger partial charge in [0.2, 0.25) is 0 Å². The number of rotatable bonds is 7. The summed E-state index contributed by atoms with van der Waals surface area (Å²) < 4.78 is 23.9. The Morgan fingerprint density at radius 2 is 1.84 bits per heavy atom. The lowest BCUT2D eigenvalue weighted by molar-refractivity contribution is 0.102. The van der Waals surface area contributed by atoms with Gasteiger partial charge in [-0.2, -0.15) is 10.2 Å². The molecule has 7 nitrogen and oxygen atoms in total. The number of carbonyl (C=O) groups is 1. The van der Waals surface area contributed by atoms with Crippen LogP contribution in [0.2, 0.25) is 0 Å². The highest BCUT2D eigenvalue weighted by molar-refractivity contribution is 9.10. The van der Waals surface area contributed by atoms with Crippen LogP contribution in [0.25, 0.3) is 0 Å². The van der Waals surface area contributed by atoms with Crippen molar-refractivity contribution in [3.05, 3.63) is 93.7 Å². The van der Waals surface area contributed by atoms with Gasteiger partial charge in [0.15, 0.2) is 12.4 Å². The highest BCUT2D eigenvalue weighted by atomic mass is 79.9. The zero-order chi connectivity index (χ0) is 22.7. The zero-order valence-electron chi connectivity index (χ0n) is 17.5. The minimum Gasteiger partial charge on any atom is -0.471 e. The van der Waals surface area contributed by atoms with Gasteiger partial charge in [0.05, 0.1) is 23.6 Å². The topological polar surface area (TPSA) is 74.0 Å². The summed E-state index contributed by atoms with van der Waals surface area (Å²) in [5.41, 5.74) is 2.75. The number of carbonyl (C=O) groups excluding carboxylic acids is 1. The van der Waals surface area contributed by atoms with Gasteiger partial charge in [0.25, 0.3) is 5.91 Å². The second-order valence-electron chi connectivity index (χ2n) is 7.22.